The van der Waals surface area contributed by atoms with Crippen LogP contribution in [0.25, 0.3) is 0 Å². The van der Waals surface area contributed by atoms with E-state index in [1.165, 1.54) is 0 Å². The van der Waals surface area contributed by atoms with Crippen molar-refractivity contribution in [2.24, 2.45) is 11.8 Å². The van der Waals surface area contributed by atoms with Gasteiger partial charge in [0.25, 0.3) is 0 Å². The maximum absolute atomic E-state index is 12.0. The quantitative estimate of drug-likeness (QED) is 0.819. The zero-order chi connectivity index (χ0) is 15.4. The molecule has 4 heteroatoms. The molecule has 2 unspecified atom stereocenters. The Kier molecular flexibility index (Phi) is 5.23. The van der Waals surface area contributed by atoms with Crippen molar-refractivity contribution in [3.05, 3.63) is 23.8 Å². The van der Waals surface area contributed by atoms with E-state index in [1.807, 2.05) is 25.1 Å². The van der Waals surface area contributed by atoms with E-state index in [4.69, 9.17) is 5.73 Å². The molecule has 0 aliphatic carbocycles. The maximum atomic E-state index is 12.0. The second-order valence-electron chi connectivity index (χ2n) is 6.44. The highest BCUT2D eigenvalue weighted by Gasteiger charge is 2.25. The average Bonchev–Trinajstić information content (AvgIpc) is 2.73. The summed E-state index contributed by atoms with van der Waals surface area (Å²) < 4.78 is 0. The Morgan fingerprint density at radius 1 is 1.33 bits per heavy atom. The Balaban J connectivity index is 1.74. The maximum Gasteiger partial charge on any atom is 0.224 e. The lowest BCUT2D eigenvalue weighted by Gasteiger charge is -2.15. The number of nitrogens with two attached hydrogens (primary N) is 1. The summed E-state index contributed by atoms with van der Waals surface area (Å²) in [5.41, 5.74) is 8.29. The topological polar surface area (TPSA) is 58.4 Å². The van der Waals surface area contributed by atoms with Crippen LogP contribution < -0.4 is 11.1 Å². The number of amides is 1. The number of hydrogen-bond donors (Lipinski definition) is 2. The monoisotopic (exact) mass is 289 g/mol. The van der Waals surface area contributed by atoms with Gasteiger partial charge in [0, 0.05) is 30.9 Å². The molecule has 0 radical (unpaired) electrons. The minimum absolute atomic E-state index is 0.0731. The van der Waals surface area contributed by atoms with Gasteiger partial charge < -0.3 is 16.0 Å². The molecule has 3 N–H and O–H groups in total. The standard InChI is InChI=1S/C17H27N3O/c1-12-6-7-15(18)9-16(12)19-17(21)5-4-8-20-10-13(2)14(3)11-20/h6-7,9,13-14H,4-5,8,10-11,18H2,1-3H3,(H,19,21). The molecule has 1 saturated heterocycles. The molecule has 0 spiro atoms. The first-order valence-corrected chi connectivity index (χ1v) is 7.84. The van der Waals surface area contributed by atoms with E-state index in [-0.39, 0.29) is 5.91 Å². The average molecular weight is 289 g/mol. The first kappa shape index (κ1) is 15.8. The largest absolute Gasteiger partial charge is 0.399 e. The van der Waals surface area contributed by atoms with Gasteiger partial charge in [0.1, 0.15) is 0 Å². The Bertz CT molecular complexity index is 491. The minimum Gasteiger partial charge on any atom is -0.399 e. The van der Waals surface area contributed by atoms with Gasteiger partial charge in [-0.15, -0.1) is 0 Å². The number of rotatable bonds is 5. The third-order valence-electron chi connectivity index (χ3n) is 4.48. The van der Waals surface area contributed by atoms with Gasteiger partial charge in [-0.2, -0.15) is 0 Å². The molecule has 1 heterocycles. The van der Waals surface area contributed by atoms with Crippen molar-refractivity contribution in [1.82, 2.24) is 4.90 Å². The zero-order valence-corrected chi connectivity index (χ0v) is 13.4. The minimum atomic E-state index is 0.0731. The number of carbonyl (C=O) groups is 1. The van der Waals surface area contributed by atoms with Crippen molar-refractivity contribution in [3.63, 3.8) is 0 Å². The molecule has 21 heavy (non-hydrogen) atoms. The summed E-state index contributed by atoms with van der Waals surface area (Å²) in [6.07, 6.45) is 1.47. The van der Waals surface area contributed by atoms with Gasteiger partial charge in [0.05, 0.1) is 0 Å². The van der Waals surface area contributed by atoms with Gasteiger partial charge >= 0.3 is 0 Å². The highest BCUT2D eigenvalue weighted by atomic mass is 16.1. The summed E-state index contributed by atoms with van der Waals surface area (Å²) in [5.74, 6) is 1.62. The van der Waals surface area contributed by atoms with Crippen LogP contribution in [-0.4, -0.2) is 30.4 Å². The van der Waals surface area contributed by atoms with Crippen molar-refractivity contribution >= 4 is 17.3 Å². The van der Waals surface area contributed by atoms with Gasteiger partial charge in [-0.05, 0) is 49.4 Å². The van der Waals surface area contributed by atoms with Crippen LogP contribution in [0.1, 0.15) is 32.3 Å². The summed E-state index contributed by atoms with van der Waals surface area (Å²) in [6, 6.07) is 5.59. The Labute approximate surface area is 127 Å². The molecule has 1 aromatic carbocycles. The lowest BCUT2D eigenvalue weighted by molar-refractivity contribution is -0.116. The van der Waals surface area contributed by atoms with E-state index in [1.54, 1.807) is 0 Å². The molecule has 0 saturated carbocycles. The molecule has 116 valence electrons. The van der Waals surface area contributed by atoms with Gasteiger partial charge in [-0.25, -0.2) is 0 Å². The molecule has 2 rings (SSSR count). The molecule has 1 aromatic rings. The Morgan fingerprint density at radius 2 is 2.00 bits per heavy atom. The normalized spacial score (nSPS) is 22.4. The predicted octanol–water partition coefficient (Wildman–Crippen LogP) is 2.88. The van der Waals surface area contributed by atoms with Crippen LogP contribution in [0.4, 0.5) is 11.4 Å². The second-order valence-corrected chi connectivity index (χ2v) is 6.44. The summed E-state index contributed by atoms with van der Waals surface area (Å²) in [6.45, 7) is 9.92. The van der Waals surface area contributed by atoms with E-state index in [2.05, 4.69) is 24.1 Å². The highest BCUT2D eigenvalue weighted by Crippen LogP contribution is 2.22. The number of carbonyl (C=O) groups excluding carboxylic acids is 1. The van der Waals surface area contributed by atoms with Crippen LogP contribution in [0.2, 0.25) is 0 Å². The van der Waals surface area contributed by atoms with Crippen molar-refractivity contribution in [1.29, 1.82) is 0 Å². The smallest absolute Gasteiger partial charge is 0.224 e. The number of anilines is 2. The summed E-state index contributed by atoms with van der Waals surface area (Å²) in [7, 11) is 0. The molecule has 4 nitrogen and oxygen atoms in total. The number of nitrogens with one attached hydrogen (secondary N) is 1. The highest BCUT2D eigenvalue weighted by molar-refractivity contribution is 5.91. The van der Waals surface area contributed by atoms with E-state index >= 15 is 0 Å². The third-order valence-corrected chi connectivity index (χ3v) is 4.48. The first-order valence-electron chi connectivity index (χ1n) is 7.84. The molecule has 0 bridgehead atoms. The Hall–Kier alpha value is -1.55. The van der Waals surface area contributed by atoms with Crippen LogP contribution >= 0.6 is 0 Å². The summed E-state index contributed by atoms with van der Waals surface area (Å²) in [5, 5.41) is 2.96. The molecule has 1 amide bonds. The number of hydrogen-bond acceptors (Lipinski definition) is 3. The van der Waals surface area contributed by atoms with Crippen LogP contribution in [-0.2, 0) is 4.79 Å². The van der Waals surface area contributed by atoms with Crippen molar-refractivity contribution in [2.75, 3.05) is 30.7 Å². The fourth-order valence-electron chi connectivity index (χ4n) is 2.88. The van der Waals surface area contributed by atoms with Crippen LogP contribution in [0.5, 0.6) is 0 Å². The number of nitrogens with zero attached hydrogens (tertiary/aromatic N) is 1. The van der Waals surface area contributed by atoms with Gasteiger partial charge in [0.2, 0.25) is 5.91 Å². The second kappa shape index (κ2) is 6.94. The van der Waals surface area contributed by atoms with Gasteiger partial charge in [-0.3, -0.25) is 4.79 Å². The van der Waals surface area contributed by atoms with Crippen molar-refractivity contribution < 1.29 is 4.79 Å². The van der Waals surface area contributed by atoms with E-state index in [0.29, 0.717) is 12.1 Å². The molecule has 0 aromatic heterocycles. The lowest BCUT2D eigenvalue weighted by atomic mass is 10.0. The molecule has 1 fully saturated rings. The van der Waals surface area contributed by atoms with Crippen LogP contribution in [0.15, 0.2) is 18.2 Å². The number of benzene rings is 1. The molecular weight excluding hydrogens is 262 g/mol. The summed E-state index contributed by atoms with van der Waals surface area (Å²) >= 11 is 0. The lowest BCUT2D eigenvalue weighted by Crippen LogP contribution is -2.23. The number of likely N-dealkylation sites (tertiary alicyclic amines) is 1. The molecule has 1 aliphatic heterocycles. The summed E-state index contributed by atoms with van der Waals surface area (Å²) in [4.78, 5) is 14.5. The fraction of sp³-hybridized carbons (Fsp3) is 0.588. The van der Waals surface area contributed by atoms with Crippen molar-refractivity contribution in [2.45, 2.75) is 33.6 Å². The third kappa shape index (κ3) is 4.46. The van der Waals surface area contributed by atoms with E-state index < -0.39 is 0 Å². The molecule has 1 aliphatic rings. The first-order chi connectivity index (χ1) is 9.95. The van der Waals surface area contributed by atoms with Gasteiger partial charge in [0.15, 0.2) is 0 Å². The SMILES string of the molecule is Cc1ccc(N)cc1NC(=O)CCCN1CC(C)C(C)C1. The fourth-order valence-corrected chi connectivity index (χ4v) is 2.88. The van der Waals surface area contributed by atoms with E-state index in [9.17, 15) is 4.79 Å². The van der Waals surface area contributed by atoms with Crippen LogP contribution in [0.3, 0.4) is 0 Å². The predicted molar refractivity (Wildman–Crippen MR) is 88.2 cm³/mol. The number of nitrogen functional groups attached to an aromatic ring is 1. The molecular formula is C17H27N3O. The van der Waals surface area contributed by atoms with Crippen molar-refractivity contribution in [3.8, 4) is 0 Å². The zero-order valence-electron chi connectivity index (χ0n) is 13.4. The Morgan fingerprint density at radius 3 is 2.67 bits per heavy atom. The van der Waals surface area contributed by atoms with Crippen LogP contribution in [0, 0.1) is 18.8 Å². The van der Waals surface area contributed by atoms with Gasteiger partial charge in [-0.1, -0.05) is 19.9 Å². The molecule has 2 atom stereocenters. The van der Waals surface area contributed by atoms with E-state index in [0.717, 1.165) is 49.1 Å². The number of aryl methyl sites for hydroxylation is 1.